The van der Waals surface area contributed by atoms with Crippen LogP contribution in [0.3, 0.4) is 0 Å². The van der Waals surface area contributed by atoms with E-state index >= 15 is 0 Å². The molecule has 0 radical (unpaired) electrons. The van der Waals surface area contributed by atoms with Gasteiger partial charge in [0.2, 0.25) is 0 Å². The molecule has 0 spiro atoms. The van der Waals surface area contributed by atoms with Gasteiger partial charge in [-0.25, -0.2) is 0 Å². The van der Waals surface area contributed by atoms with Crippen molar-refractivity contribution < 1.29 is 9.59 Å². The van der Waals surface area contributed by atoms with Gasteiger partial charge >= 0.3 is 0 Å². The second kappa shape index (κ2) is 9.77. The van der Waals surface area contributed by atoms with E-state index in [-0.39, 0.29) is 17.3 Å². The van der Waals surface area contributed by atoms with E-state index < -0.39 is 0 Å². The monoisotopic (exact) mass is 478 g/mol. The molecule has 8 heteroatoms. The maximum Gasteiger partial charge on any atom is 0.196 e. The van der Waals surface area contributed by atoms with Crippen LogP contribution in [0.15, 0.2) is 59.8 Å². The number of Topliss-reactive ketones (excluding diaryl/α,β-unsaturated/α-hetero) is 2. The number of rotatable bonds is 8. The van der Waals surface area contributed by atoms with E-state index in [0.717, 1.165) is 17.1 Å². The third-order valence-corrected chi connectivity index (χ3v) is 6.57. The number of carbonyl (C=O) groups is 2. The highest BCUT2D eigenvalue weighted by Gasteiger charge is 2.22. The van der Waals surface area contributed by atoms with Crippen LogP contribution in [0.4, 0.5) is 0 Å². The fourth-order valence-corrected chi connectivity index (χ4v) is 4.86. The van der Waals surface area contributed by atoms with Gasteiger partial charge in [0, 0.05) is 28.4 Å². The zero-order valence-corrected chi connectivity index (χ0v) is 20.1. The van der Waals surface area contributed by atoms with Crippen molar-refractivity contribution >= 4 is 34.9 Å². The van der Waals surface area contributed by atoms with Crippen LogP contribution in [-0.4, -0.2) is 37.1 Å². The molecule has 1 N–H and O–H groups in total. The van der Waals surface area contributed by atoms with Gasteiger partial charge in [0.25, 0.3) is 0 Å². The number of aromatic nitrogens is 4. The summed E-state index contributed by atoms with van der Waals surface area (Å²) in [5.74, 6) is 0.781. The molecule has 0 saturated heterocycles. The Morgan fingerprint density at radius 1 is 1.03 bits per heavy atom. The molecule has 0 saturated carbocycles. The molecule has 4 aromatic rings. The number of ketones is 2. The average molecular weight is 479 g/mol. The Bertz CT molecular complexity index is 1310. The molecule has 0 bridgehead atoms. The Hall–Kier alpha value is -3.16. The van der Waals surface area contributed by atoms with Gasteiger partial charge in [-0.2, -0.15) is 0 Å². The normalized spacial score (nSPS) is 11.0. The van der Waals surface area contributed by atoms with Crippen LogP contribution in [-0.2, 0) is 6.42 Å². The van der Waals surface area contributed by atoms with Crippen LogP contribution in [0, 0.1) is 13.8 Å². The van der Waals surface area contributed by atoms with Crippen molar-refractivity contribution in [2.24, 2.45) is 0 Å². The number of hydrogen-bond acceptors (Lipinski definition) is 5. The molecule has 6 nitrogen and oxygen atoms in total. The summed E-state index contributed by atoms with van der Waals surface area (Å²) in [6.45, 7) is 5.11. The first-order valence-electron chi connectivity index (χ1n) is 10.5. The summed E-state index contributed by atoms with van der Waals surface area (Å²) in [6.07, 6.45) is 0.599. The first-order chi connectivity index (χ1) is 15.8. The minimum Gasteiger partial charge on any atom is -0.355 e. The van der Waals surface area contributed by atoms with Crippen LogP contribution in [0.2, 0.25) is 5.02 Å². The maximum atomic E-state index is 13.0. The molecule has 2 aromatic carbocycles. The second-order valence-corrected chi connectivity index (χ2v) is 9.14. The average Bonchev–Trinajstić information content (AvgIpc) is 3.33. The largest absolute Gasteiger partial charge is 0.355 e. The van der Waals surface area contributed by atoms with Crippen molar-refractivity contribution in [3.05, 3.63) is 93.5 Å². The van der Waals surface area contributed by atoms with Gasteiger partial charge < -0.3 is 4.98 Å². The van der Waals surface area contributed by atoms with E-state index in [9.17, 15) is 9.59 Å². The summed E-state index contributed by atoms with van der Waals surface area (Å²) >= 11 is 7.40. The molecule has 2 heterocycles. The molecule has 168 valence electrons. The molecular weight excluding hydrogens is 456 g/mol. The van der Waals surface area contributed by atoms with Crippen LogP contribution >= 0.6 is 23.4 Å². The van der Waals surface area contributed by atoms with E-state index in [1.165, 1.54) is 18.7 Å². The molecule has 0 unspecified atom stereocenters. The number of carbonyl (C=O) groups excluding carboxylic acids is 2. The summed E-state index contributed by atoms with van der Waals surface area (Å²) in [6, 6.07) is 17.5. The summed E-state index contributed by atoms with van der Waals surface area (Å²) < 4.78 is 1.95. The fraction of sp³-hybridized carbons (Fsp3) is 0.200. The lowest BCUT2D eigenvalue weighted by atomic mass is 10.1. The molecule has 0 aliphatic carbocycles. The highest BCUT2D eigenvalue weighted by Crippen LogP contribution is 2.26. The number of H-pyrrole nitrogens is 1. The first-order valence-corrected chi connectivity index (χ1v) is 11.8. The van der Waals surface area contributed by atoms with Crippen LogP contribution in [0.25, 0.3) is 5.69 Å². The zero-order valence-electron chi connectivity index (χ0n) is 18.6. The highest BCUT2D eigenvalue weighted by molar-refractivity contribution is 7.99. The van der Waals surface area contributed by atoms with Gasteiger partial charge in [0.05, 0.1) is 11.4 Å². The summed E-state index contributed by atoms with van der Waals surface area (Å²) in [5, 5.41) is 10.0. The van der Waals surface area contributed by atoms with Crippen LogP contribution < -0.4 is 0 Å². The van der Waals surface area contributed by atoms with E-state index in [1.807, 2.05) is 59.2 Å². The van der Waals surface area contributed by atoms with Crippen LogP contribution in [0.1, 0.15) is 50.4 Å². The highest BCUT2D eigenvalue weighted by atomic mass is 35.5. The predicted octanol–water partition coefficient (Wildman–Crippen LogP) is 5.63. The summed E-state index contributed by atoms with van der Waals surface area (Å²) in [4.78, 5) is 28.0. The van der Waals surface area contributed by atoms with Gasteiger partial charge in [0.15, 0.2) is 16.7 Å². The predicted molar refractivity (Wildman–Crippen MR) is 131 cm³/mol. The topological polar surface area (TPSA) is 80.6 Å². The third-order valence-electron chi connectivity index (χ3n) is 5.39. The third kappa shape index (κ3) is 4.94. The van der Waals surface area contributed by atoms with E-state index in [4.69, 9.17) is 11.6 Å². The number of nitrogens with zero attached hydrogens (tertiary/aromatic N) is 3. The van der Waals surface area contributed by atoms with Gasteiger partial charge in [-0.15, -0.1) is 10.2 Å². The first kappa shape index (κ1) is 23.0. The number of aryl methyl sites for hydroxylation is 1. The molecule has 0 fully saturated rings. The molecule has 2 aromatic heterocycles. The van der Waals surface area contributed by atoms with Gasteiger partial charge in [-0.1, -0.05) is 53.7 Å². The van der Waals surface area contributed by atoms with Gasteiger partial charge in [-0.05, 0) is 56.2 Å². The smallest absolute Gasteiger partial charge is 0.196 e. The van der Waals surface area contributed by atoms with E-state index in [2.05, 4.69) is 15.2 Å². The van der Waals surface area contributed by atoms with E-state index in [1.54, 1.807) is 13.8 Å². The SMILES string of the molecule is CC(=O)c1c(C)[nH]c(C(=O)CSc2nnc(Cc3ccccc3)n2-c2ccc(Cl)cc2)c1C. The minimum atomic E-state index is -0.0941. The molecule has 0 atom stereocenters. The number of benzene rings is 2. The molecule has 4 rings (SSSR count). The second-order valence-electron chi connectivity index (χ2n) is 7.77. The Morgan fingerprint density at radius 2 is 1.73 bits per heavy atom. The van der Waals surface area contributed by atoms with Gasteiger partial charge in [-0.3, -0.25) is 14.2 Å². The molecule has 33 heavy (non-hydrogen) atoms. The van der Waals surface area contributed by atoms with Crippen molar-refractivity contribution in [1.29, 1.82) is 0 Å². The van der Waals surface area contributed by atoms with Crippen molar-refractivity contribution in [3.8, 4) is 5.69 Å². The molecule has 0 amide bonds. The fourth-order valence-electron chi connectivity index (χ4n) is 3.90. The number of halogens is 1. The van der Waals surface area contributed by atoms with Crippen molar-refractivity contribution in [2.45, 2.75) is 32.3 Å². The number of hydrogen-bond donors (Lipinski definition) is 1. The van der Waals surface area contributed by atoms with E-state index in [0.29, 0.717) is 39.1 Å². The lowest BCUT2D eigenvalue weighted by Gasteiger charge is -2.10. The van der Waals surface area contributed by atoms with Crippen LogP contribution in [0.5, 0.6) is 0 Å². The summed E-state index contributed by atoms with van der Waals surface area (Å²) in [5.41, 5.74) is 4.43. The molecular formula is C25H23ClN4O2S. The van der Waals surface area contributed by atoms with Gasteiger partial charge in [0.1, 0.15) is 5.82 Å². The zero-order chi connectivity index (χ0) is 23.5. The summed E-state index contributed by atoms with van der Waals surface area (Å²) in [7, 11) is 0. The minimum absolute atomic E-state index is 0.0546. The number of nitrogens with one attached hydrogen (secondary N) is 1. The lowest BCUT2D eigenvalue weighted by molar-refractivity contribution is 0.101. The Balaban J connectivity index is 1.62. The molecule has 0 aliphatic rings. The van der Waals surface area contributed by atoms with Crippen molar-refractivity contribution in [3.63, 3.8) is 0 Å². The quantitative estimate of drug-likeness (QED) is 0.262. The van der Waals surface area contributed by atoms with Crippen molar-refractivity contribution in [1.82, 2.24) is 19.7 Å². The number of aromatic amines is 1. The number of thioether (sulfide) groups is 1. The Morgan fingerprint density at radius 3 is 2.36 bits per heavy atom. The lowest BCUT2D eigenvalue weighted by Crippen LogP contribution is -2.08. The standard InChI is InChI=1S/C25H23ClN4O2S/c1-15-23(17(3)31)16(2)27-24(15)21(32)14-33-25-29-28-22(13-18-7-5-4-6-8-18)30(25)20-11-9-19(26)10-12-20/h4-12,27H,13-14H2,1-3H3. The maximum absolute atomic E-state index is 13.0. The Labute approximate surface area is 201 Å². The van der Waals surface area contributed by atoms with Crippen molar-refractivity contribution in [2.75, 3.05) is 5.75 Å². The molecule has 0 aliphatic heterocycles. The Kier molecular flexibility index (Phi) is 6.81.